The molecule has 112 valence electrons. The number of rotatable bonds is 3. The summed E-state index contributed by atoms with van der Waals surface area (Å²) >= 11 is 6.14. The molecule has 0 fully saturated rings. The summed E-state index contributed by atoms with van der Waals surface area (Å²) in [6, 6.07) is 10.6. The number of nitrogens with one attached hydrogen (secondary N) is 1. The van der Waals surface area contributed by atoms with E-state index >= 15 is 0 Å². The fourth-order valence-electron chi connectivity index (χ4n) is 2.20. The van der Waals surface area contributed by atoms with E-state index in [-0.39, 0.29) is 5.97 Å². The number of hydrogen-bond donors (Lipinski definition) is 1. The van der Waals surface area contributed by atoms with Gasteiger partial charge in [-0.1, -0.05) is 11.6 Å². The van der Waals surface area contributed by atoms with E-state index < -0.39 is 0 Å². The van der Waals surface area contributed by atoms with E-state index in [0.29, 0.717) is 22.2 Å². The fourth-order valence-corrected chi connectivity index (χ4v) is 2.46. The summed E-state index contributed by atoms with van der Waals surface area (Å²) in [5.41, 5.74) is 2.82. The third kappa shape index (κ3) is 2.51. The van der Waals surface area contributed by atoms with Gasteiger partial charge in [-0.15, -0.1) is 0 Å². The van der Waals surface area contributed by atoms with Crippen LogP contribution in [0.5, 0.6) is 5.75 Å². The molecule has 6 heteroatoms. The molecule has 0 aliphatic carbocycles. The molecule has 22 heavy (non-hydrogen) atoms. The minimum atomic E-state index is -0.384. The van der Waals surface area contributed by atoms with Crippen LogP contribution in [0.15, 0.2) is 36.4 Å². The van der Waals surface area contributed by atoms with Crippen LogP contribution in [0.3, 0.4) is 0 Å². The number of aromatic amines is 1. The number of imidazole rings is 1. The minimum Gasteiger partial charge on any atom is -0.495 e. The number of methoxy groups -OCH3 is 2. The molecular formula is C16H13ClN2O3. The highest BCUT2D eigenvalue weighted by atomic mass is 35.5. The first-order valence-electron chi connectivity index (χ1n) is 6.54. The first-order valence-corrected chi connectivity index (χ1v) is 6.92. The maximum Gasteiger partial charge on any atom is 0.337 e. The predicted octanol–water partition coefficient (Wildman–Crippen LogP) is 3.68. The van der Waals surface area contributed by atoms with Crippen LogP contribution in [0.1, 0.15) is 10.4 Å². The molecule has 0 aliphatic rings. The Kier molecular flexibility index (Phi) is 3.73. The molecule has 0 bridgehead atoms. The summed E-state index contributed by atoms with van der Waals surface area (Å²) in [4.78, 5) is 19.2. The average Bonchev–Trinajstić information content (AvgIpc) is 2.97. The molecule has 0 spiro atoms. The fraction of sp³-hybridized carbons (Fsp3) is 0.125. The third-order valence-electron chi connectivity index (χ3n) is 3.33. The lowest BCUT2D eigenvalue weighted by Crippen LogP contribution is -2.00. The predicted molar refractivity (Wildman–Crippen MR) is 84.4 cm³/mol. The van der Waals surface area contributed by atoms with Crippen molar-refractivity contribution in [3.8, 4) is 17.1 Å². The van der Waals surface area contributed by atoms with Crippen molar-refractivity contribution in [3.63, 3.8) is 0 Å². The van der Waals surface area contributed by atoms with Gasteiger partial charge in [-0.05, 0) is 36.4 Å². The number of H-pyrrole nitrogens is 1. The lowest BCUT2D eigenvalue weighted by molar-refractivity contribution is 0.0601. The molecule has 3 rings (SSSR count). The van der Waals surface area contributed by atoms with Crippen molar-refractivity contribution in [1.82, 2.24) is 9.97 Å². The molecular weight excluding hydrogens is 304 g/mol. The molecule has 0 radical (unpaired) electrons. The minimum absolute atomic E-state index is 0.384. The summed E-state index contributed by atoms with van der Waals surface area (Å²) in [5, 5.41) is 0.510. The van der Waals surface area contributed by atoms with Crippen LogP contribution in [-0.2, 0) is 4.74 Å². The molecule has 3 aromatic rings. The van der Waals surface area contributed by atoms with Crippen LogP contribution in [0, 0.1) is 0 Å². The topological polar surface area (TPSA) is 64.2 Å². The van der Waals surface area contributed by atoms with Gasteiger partial charge in [-0.25, -0.2) is 9.78 Å². The lowest BCUT2D eigenvalue weighted by atomic mass is 10.2. The molecule has 0 saturated heterocycles. The van der Waals surface area contributed by atoms with Crippen molar-refractivity contribution in [2.24, 2.45) is 0 Å². The molecule has 5 nitrogen and oxygen atoms in total. The van der Waals surface area contributed by atoms with Gasteiger partial charge in [0.25, 0.3) is 0 Å². The average molecular weight is 317 g/mol. The monoisotopic (exact) mass is 316 g/mol. The largest absolute Gasteiger partial charge is 0.495 e. The molecule has 1 aromatic heterocycles. The van der Waals surface area contributed by atoms with Crippen molar-refractivity contribution in [3.05, 3.63) is 47.0 Å². The number of carbonyl (C=O) groups is 1. The Balaban J connectivity index is 2.05. The molecule has 1 heterocycles. The Labute approximate surface area is 131 Å². The number of carbonyl (C=O) groups excluding carboxylic acids is 1. The van der Waals surface area contributed by atoms with E-state index in [9.17, 15) is 4.79 Å². The van der Waals surface area contributed by atoms with Crippen molar-refractivity contribution < 1.29 is 14.3 Å². The number of fused-ring (bicyclic) bond motifs is 1. The summed E-state index contributed by atoms with van der Waals surface area (Å²) < 4.78 is 9.85. The van der Waals surface area contributed by atoms with Gasteiger partial charge in [-0.2, -0.15) is 0 Å². The van der Waals surface area contributed by atoms with Crippen molar-refractivity contribution in [2.45, 2.75) is 0 Å². The van der Waals surface area contributed by atoms with Gasteiger partial charge in [0, 0.05) is 5.56 Å². The van der Waals surface area contributed by atoms with Crippen molar-refractivity contribution in [2.75, 3.05) is 14.2 Å². The summed E-state index contributed by atoms with van der Waals surface area (Å²) in [6.07, 6.45) is 0. The number of halogens is 1. The molecule has 0 saturated carbocycles. The Morgan fingerprint density at radius 1 is 1.18 bits per heavy atom. The van der Waals surface area contributed by atoms with E-state index in [2.05, 4.69) is 9.97 Å². The van der Waals surface area contributed by atoms with Crippen LogP contribution >= 0.6 is 11.6 Å². The van der Waals surface area contributed by atoms with Crippen LogP contribution in [0.25, 0.3) is 22.4 Å². The van der Waals surface area contributed by atoms with E-state index in [0.717, 1.165) is 16.6 Å². The zero-order valence-electron chi connectivity index (χ0n) is 12.0. The second-order valence-electron chi connectivity index (χ2n) is 4.66. The first kappa shape index (κ1) is 14.4. The molecule has 0 unspecified atom stereocenters. The Morgan fingerprint density at radius 2 is 2.00 bits per heavy atom. The zero-order chi connectivity index (χ0) is 15.7. The van der Waals surface area contributed by atoms with Gasteiger partial charge < -0.3 is 14.5 Å². The Morgan fingerprint density at radius 3 is 2.68 bits per heavy atom. The van der Waals surface area contributed by atoms with Gasteiger partial charge in [0.2, 0.25) is 0 Å². The van der Waals surface area contributed by atoms with Crippen LogP contribution in [-0.4, -0.2) is 30.2 Å². The number of benzene rings is 2. The number of ether oxygens (including phenoxy) is 2. The standard InChI is InChI=1S/C16H13ClN2O3/c1-21-14-6-4-9(7-11(14)17)15-18-12-5-3-10(16(20)22-2)8-13(12)19-15/h3-8H,1-2H3,(H,18,19). The maximum atomic E-state index is 11.6. The summed E-state index contributed by atoms with van der Waals surface area (Å²) in [7, 11) is 2.92. The second-order valence-corrected chi connectivity index (χ2v) is 5.07. The quantitative estimate of drug-likeness (QED) is 0.749. The molecule has 0 aliphatic heterocycles. The van der Waals surface area contributed by atoms with E-state index in [1.807, 2.05) is 6.07 Å². The lowest BCUT2D eigenvalue weighted by Gasteiger charge is -2.03. The Hall–Kier alpha value is -2.53. The van der Waals surface area contributed by atoms with Crippen molar-refractivity contribution in [1.29, 1.82) is 0 Å². The molecule has 0 amide bonds. The van der Waals surface area contributed by atoms with Gasteiger partial charge in [0.1, 0.15) is 11.6 Å². The number of hydrogen-bond acceptors (Lipinski definition) is 4. The maximum absolute atomic E-state index is 11.6. The van der Waals surface area contributed by atoms with Crippen LogP contribution in [0.2, 0.25) is 5.02 Å². The van der Waals surface area contributed by atoms with E-state index in [1.54, 1.807) is 37.4 Å². The Bertz CT molecular complexity index is 858. The van der Waals surface area contributed by atoms with Gasteiger partial charge >= 0.3 is 5.97 Å². The van der Waals surface area contributed by atoms with E-state index in [4.69, 9.17) is 21.1 Å². The molecule has 0 atom stereocenters. The van der Waals surface area contributed by atoms with Gasteiger partial charge in [-0.3, -0.25) is 0 Å². The van der Waals surface area contributed by atoms with Gasteiger partial charge in [0.15, 0.2) is 0 Å². The highest BCUT2D eigenvalue weighted by Gasteiger charge is 2.11. The zero-order valence-corrected chi connectivity index (χ0v) is 12.8. The highest BCUT2D eigenvalue weighted by Crippen LogP contribution is 2.30. The summed E-state index contributed by atoms with van der Waals surface area (Å²) in [5.74, 6) is 0.890. The van der Waals surface area contributed by atoms with Crippen LogP contribution < -0.4 is 4.74 Å². The van der Waals surface area contributed by atoms with Crippen molar-refractivity contribution >= 4 is 28.6 Å². The SMILES string of the molecule is COC(=O)c1ccc2nc(-c3ccc(OC)c(Cl)c3)[nH]c2c1. The van der Waals surface area contributed by atoms with E-state index in [1.165, 1.54) is 7.11 Å². The third-order valence-corrected chi connectivity index (χ3v) is 3.62. The van der Waals surface area contributed by atoms with Crippen LogP contribution in [0.4, 0.5) is 0 Å². The molecule has 2 aromatic carbocycles. The normalized spacial score (nSPS) is 10.7. The second kappa shape index (κ2) is 5.69. The summed E-state index contributed by atoms with van der Waals surface area (Å²) in [6.45, 7) is 0. The molecule has 1 N–H and O–H groups in total. The first-order chi connectivity index (χ1) is 10.6. The number of nitrogens with zero attached hydrogens (tertiary/aromatic N) is 1. The van der Waals surface area contributed by atoms with Gasteiger partial charge in [0.05, 0.1) is 35.8 Å². The number of esters is 1. The highest BCUT2D eigenvalue weighted by molar-refractivity contribution is 6.32. The smallest absolute Gasteiger partial charge is 0.337 e. The number of aromatic nitrogens is 2.